The van der Waals surface area contributed by atoms with E-state index >= 15 is 0 Å². The Morgan fingerprint density at radius 1 is 1.22 bits per heavy atom. The minimum atomic E-state index is 0.550. The first-order chi connectivity index (χ1) is 8.61. The minimum absolute atomic E-state index is 0.550. The summed E-state index contributed by atoms with van der Waals surface area (Å²) in [4.78, 5) is 2.55. The fourth-order valence-electron chi connectivity index (χ4n) is 2.81. The first kappa shape index (κ1) is 13.6. The Morgan fingerprint density at radius 2 is 1.94 bits per heavy atom. The van der Waals surface area contributed by atoms with Crippen molar-refractivity contribution in [2.75, 3.05) is 13.6 Å². The molecule has 0 spiro atoms. The average molecular weight is 246 g/mol. The predicted molar refractivity (Wildman–Crippen MR) is 77.6 cm³/mol. The van der Waals surface area contributed by atoms with E-state index in [1.807, 2.05) is 0 Å². The van der Waals surface area contributed by atoms with E-state index in [0.29, 0.717) is 18.0 Å². The molecule has 0 saturated heterocycles. The molecule has 18 heavy (non-hydrogen) atoms. The number of nitrogens with one attached hydrogen (secondary N) is 1. The fraction of sp³-hybridized carbons (Fsp3) is 0.625. The molecular formula is C16H26N2. The first-order valence-corrected chi connectivity index (χ1v) is 7.11. The predicted octanol–water partition coefficient (Wildman–Crippen LogP) is 3.20. The van der Waals surface area contributed by atoms with Gasteiger partial charge < -0.3 is 5.32 Å². The third-order valence-electron chi connectivity index (χ3n) is 4.42. The van der Waals surface area contributed by atoms with Crippen molar-refractivity contribution < 1.29 is 0 Å². The number of hydrogen-bond donors (Lipinski definition) is 1. The molecule has 2 nitrogen and oxygen atoms in total. The molecule has 2 unspecified atom stereocenters. The van der Waals surface area contributed by atoms with Gasteiger partial charge in [0.15, 0.2) is 0 Å². The quantitative estimate of drug-likeness (QED) is 0.881. The van der Waals surface area contributed by atoms with Crippen LogP contribution in [0.2, 0.25) is 0 Å². The zero-order chi connectivity index (χ0) is 13.1. The van der Waals surface area contributed by atoms with Gasteiger partial charge in [-0.05, 0) is 44.0 Å². The molecule has 1 aliphatic rings. The summed E-state index contributed by atoms with van der Waals surface area (Å²) in [5.74, 6) is 0.693. The van der Waals surface area contributed by atoms with Gasteiger partial charge in [0.1, 0.15) is 0 Å². The summed E-state index contributed by atoms with van der Waals surface area (Å²) in [7, 11) is 2.28. The molecule has 0 saturated carbocycles. The fourth-order valence-corrected chi connectivity index (χ4v) is 2.81. The van der Waals surface area contributed by atoms with Crippen LogP contribution in [0.4, 0.5) is 0 Å². The van der Waals surface area contributed by atoms with E-state index in [0.717, 1.165) is 13.1 Å². The molecule has 100 valence electrons. The Hall–Kier alpha value is -0.860. The third kappa shape index (κ3) is 2.76. The summed E-state index contributed by atoms with van der Waals surface area (Å²) in [5.41, 5.74) is 2.97. The number of nitrogens with zero attached hydrogens (tertiary/aromatic N) is 1. The highest BCUT2D eigenvalue weighted by atomic mass is 15.2. The maximum Gasteiger partial charge on any atom is 0.0363 e. The molecule has 1 aliphatic heterocycles. The third-order valence-corrected chi connectivity index (χ3v) is 4.42. The van der Waals surface area contributed by atoms with Gasteiger partial charge >= 0.3 is 0 Å². The van der Waals surface area contributed by atoms with Gasteiger partial charge in [0.05, 0.1) is 0 Å². The van der Waals surface area contributed by atoms with Crippen molar-refractivity contribution in [3.05, 3.63) is 35.4 Å². The van der Waals surface area contributed by atoms with Gasteiger partial charge in [0.2, 0.25) is 0 Å². The summed E-state index contributed by atoms with van der Waals surface area (Å²) in [5, 5.41) is 3.53. The van der Waals surface area contributed by atoms with Crippen molar-refractivity contribution in [3.8, 4) is 0 Å². The molecule has 0 radical (unpaired) electrons. The largest absolute Gasteiger partial charge is 0.313 e. The summed E-state index contributed by atoms with van der Waals surface area (Å²) >= 11 is 0. The number of fused-ring (bicyclic) bond motifs is 1. The minimum Gasteiger partial charge on any atom is -0.313 e. The van der Waals surface area contributed by atoms with Crippen LogP contribution in [0.1, 0.15) is 44.4 Å². The van der Waals surface area contributed by atoms with E-state index < -0.39 is 0 Å². The smallest absolute Gasteiger partial charge is 0.0363 e. The molecule has 0 aliphatic carbocycles. The van der Waals surface area contributed by atoms with E-state index in [-0.39, 0.29) is 0 Å². The van der Waals surface area contributed by atoms with Gasteiger partial charge in [-0.3, -0.25) is 4.90 Å². The lowest BCUT2D eigenvalue weighted by Gasteiger charge is -2.35. The zero-order valence-electron chi connectivity index (χ0n) is 12.1. The van der Waals surface area contributed by atoms with Gasteiger partial charge in [0, 0.05) is 18.6 Å². The van der Waals surface area contributed by atoms with Crippen LogP contribution in [0.5, 0.6) is 0 Å². The van der Waals surface area contributed by atoms with Gasteiger partial charge in [-0.25, -0.2) is 0 Å². The molecule has 2 heteroatoms. The molecular weight excluding hydrogens is 220 g/mol. The van der Waals surface area contributed by atoms with Crippen molar-refractivity contribution in [3.63, 3.8) is 0 Å². The maximum atomic E-state index is 3.53. The normalized spacial score (nSPS) is 21.8. The van der Waals surface area contributed by atoms with Crippen molar-refractivity contribution >= 4 is 0 Å². The monoisotopic (exact) mass is 246 g/mol. The topological polar surface area (TPSA) is 15.3 Å². The molecule has 0 aromatic heterocycles. The Balaban J connectivity index is 2.27. The first-order valence-electron chi connectivity index (χ1n) is 7.11. The Labute approximate surface area is 111 Å². The van der Waals surface area contributed by atoms with Gasteiger partial charge in [-0.15, -0.1) is 0 Å². The Bertz CT molecular complexity index is 386. The average Bonchev–Trinajstić information content (AvgIpc) is 2.59. The lowest BCUT2D eigenvalue weighted by atomic mass is 9.95. The van der Waals surface area contributed by atoms with Crippen molar-refractivity contribution in [2.24, 2.45) is 5.92 Å². The number of rotatable bonds is 3. The molecule has 1 N–H and O–H groups in total. The van der Waals surface area contributed by atoms with Crippen molar-refractivity contribution in [1.82, 2.24) is 10.2 Å². The molecule has 1 aromatic carbocycles. The molecule has 2 rings (SSSR count). The van der Waals surface area contributed by atoms with Crippen LogP contribution < -0.4 is 5.32 Å². The van der Waals surface area contributed by atoms with Gasteiger partial charge in [-0.2, -0.15) is 0 Å². The van der Waals surface area contributed by atoms with Gasteiger partial charge in [0.25, 0.3) is 0 Å². The molecule has 1 heterocycles. The lowest BCUT2D eigenvalue weighted by molar-refractivity contribution is 0.142. The van der Waals surface area contributed by atoms with Crippen LogP contribution in [0.3, 0.4) is 0 Å². The Morgan fingerprint density at radius 3 is 2.67 bits per heavy atom. The molecule has 0 amide bonds. The molecule has 0 bridgehead atoms. The van der Waals surface area contributed by atoms with E-state index in [2.05, 4.69) is 62.3 Å². The van der Waals surface area contributed by atoms with Crippen LogP contribution >= 0.6 is 0 Å². The highest BCUT2D eigenvalue weighted by Gasteiger charge is 2.26. The number of benzene rings is 1. The van der Waals surface area contributed by atoms with Crippen LogP contribution in [0.25, 0.3) is 0 Å². The summed E-state index contributed by atoms with van der Waals surface area (Å²) in [6, 6.07) is 10.0. The van der Waals surface area contributed by atoms with Crippen LogP contribution in [0, 0.1) is 5.92 Å². The SMILES string of the molecule is CC(C)C(C)N(C)C1CCNCc2ccccc21. The van der Waals surface area contributed by atoms with E-state index in [1.165, 1.54) is 17.5 Å². The van der Waals surface area contributed by atoms with Crippen LogP contribution in [0.15, 0.2) is 24.3 Å². The second-order valence-corrected chi connectivity index (χ2v) is 5.83. The Kier molecular flexibility index (Phi) is 4.41. The van der Waals surface area contributed by atoms with E-state index in [1.54, 1.807) is 0 Å². The summed E-state index contributed by atoms with van der Waals surface area (Å²) < 4.78 is 0. The van der Waals surface area contributed by atoms with Crippen molar-refractivity contribution in [2.45, 2.75) is 45.8 Å². The highest BCUT2D eigenvalue weighted by molar-refractivity contribution is 5.31. The molecule has 2 atom stereocenters. The maximum absolute atomic E-state index is 3.53. The van der Waals surface area contributed by atoms with Gasteiger partial charge in [-0.1, -0.05) is 38.1 Å². The molecule has 1 aromatic rings. The van der Waals surface area contributed by atoms with Crippen LogP contribution in [-0.2, 0) is 6.54 Å². The standard InChI is InChI=1S/C16H26N2/c1-12(2)13(3)18(4)16-9-10-17-11-14-7-5-6-8-15(14)16/h5-8,12-13,16-17H,9-11H2,1-4H3. The molecule has 0 fully saturated rings. The number of hydrogen-bond acceptors (Lipinski definition) is 2. The van der Waals surface area contributed by atoms with E-state index in [4.69, 9.17) is 0 Å². The van der Waals surface area contributed by atoms with E-state index in [9.17, 15) is 0 Å². The second kappa shape index (κ2) is 5.85. The van der Waals surface area contributed by atoms with Crippen molar-refractivity contribution in [1.29, 1.82) is 0 Å². The zero-order valence-corrected chi connectivity index (χ0v) is 12.1. The van der Waals surface area contributed by atoms with Crippen LogP contribution in [-0.4, -0.2) is 24.5 Å². The summed E-state index contributed by atoms with van der Waals surface area (Å²) in [6.07, 6.45) is 1.20. The lowest BCUT2D eigenvalue weighted by Crippen LogP contribution is -2.37. The summed E-state index contributed by atoms with van der Waals surface area (Å²) in [6.45, 7) is 9.07. The highest BCUT2D eigenvalue weighted by Crippen LogP contribution is 2.30. The second-order valence-electron chi connectivity index (χ2n) is 5.83.